The number of rotatable bonds is 7. The SMILES string of the molecule is CC(OC(=O)COC1CC(C2(O)CCCC2)C2CC1OC2=O)C(F)(F)S(=O)(=O)O. The van der Waals surface area contributed by atoms with Crippen molar-refractivity contribution in [2.75, 3.05) is 6.61 Å². The molecule has 0 aromatic carbocycles. The molecule has 5 atom stereocenters. The van der Waals surface area contributed by atoms with Crippen molar-refractivity contribution in [1.29, 1.82) is 0 Å². The highest BCUT2D eigenvalue weighted by molar-refractivity contribution is 7.86. The summed E-state index contributed by atoms with van der Waals surface area (Å²) < 4.78 is 72.0. The summed E-state index contributed by atoms with van der Waals surface area (Å²) in [4.78, 5) is 24.0. The number of esters is 2. The van der Waals surface area contributed by atoms with Crippen molar-refractivity contribution in [3.8, 4) is 0 Å². The molecule has 1 heterocycles. The van der Waals surface area contributed by atoms with Crippen molar-refractivity contribution >= 4 is 22.1 Å². The summed E-state index contributed by atoms with van der Waals surface area (Å²) in [6.45, 7) is -0.151. The number of ether oxygens (including phenoxy) is 3. The second kappa shape index (κ2) is 7.71. The van der Waals surface area contributed by atoms with E-state index in [-0.39, 0.29) is 12.3 Å². The molecule has 166 valence electrons. The standard InChI is InChI=1S/C17H24F2O9S/c1-9(17(18,19)29(23,24)25)27-14(20)8-26-12-7-11(16(22)4-2-3-5-16)10-6-13(12)28-15(10)21/h9-13,22H,2-8H2,1H3,(H,23,24,25). The first kappa shape index (κ1) is 22.3. The molecular formula is C17H24F2O9S. The van der Waals surface area contributed by atoms with Crippen molar-refractivity contribution < 1.29 is 50.7 Å². The van der Waals surface area contributed by atoms with E-state index in [1.54, 1.807) is 0 Å². The number of carbonyl (C=O) groups is 2. The van der Waals surface area contributed by atoms with Gasteiger partial charge >= 0.3 is 27.3 Å². The van der Waals surface area contributed by atoms with Crippen molar-refractivity contribution in [2.45, 2.75) is 74.6 Å². The Morgan fingerprint density at radius 2 is 1.97 bits per heavy atom. The summed E-state index contributed by atoms with van der Waals surface area (Å²) in [5.74, 6) is -2.51. The Labute approximate surface area is 166 Å². The molecule has 9 nitrogen and oxygen atoms in total. The summed E-state index contributed by atoms with van der Waals surface area (Å²) in [6, 6.07) is 0. The van der Waals surface area contributed by atoms with Gasteiger partial charge < -0.3 is 19.3 Å². The van der Waals surface area contributed by atoms with Gasteiger partial charge in [0.1, 0.15) is 12.7 Å². The number of hydrogen-bond donors (Lipinski definition) is 2. The van der Waals surface area contributed by atoms with E-state index in [2.05, 4.69) is 4.74 Å². The van der Waals surface area contributed by atoms with Crippen molar-refractivity contribution in [2.24, 2.45) is 11.8 Å². The van der Waals surface area contributed by atoms with E-state index in [9.17, 15) is 31.9 Å². The van der Waals surface area contributed by atoms with Crippen LogP contribution in [0.1, 0.15) is 45.4 Å². The minimum atomic E-state index is -5.76. The Bertz CT molecular complexity index is 763. The van der Waals surface area contributed by atoms with Crippen LogP contribution in [-0.4, -0.2) is 65.8 Å². The van der Waals surface area contributed by atoms with E-state index in [0.717, 1.165) is 12.8 Å². The van der Waals surface area contributed by atoms with Gasteiger partial charge in [0, 0.05) is 12.3 Å². The van der Waals surface area contributed by atoms with Gasteiger partial charge in [-0.15, -0.1) is 0 Å². The highest BCUT2D eigenvalue weighted by Gasteiger charge is 2.56. The summed E-state index contributed by atoms with van der Waals surface area (Å²) >= 11 is 0. The summed E-state index contributed by atoms with van der Waals surface area (Å²) in [6.07, 6.45) is -0.362. The highest BCUT2D eigenvalue weighted by Crippen LogP contribution is 2.49. The summed E-state index contributed by atoms with van der Waals surface area (Å²) in [5.41, 5.74) is -1.01. The van der Waals surface area contributed by atoms with Crippen LogP contribution in [0, 0.1) is 11.8 Å². The van der Waals surface area contributed by atoms with E-state index < -0.39 is 63.7 Å². The second-order valence-corrected chi connectivity index (χ2v) is 9.48. The molecule has 1 saturated heterocycles. The van der Waals surface area contributed by atoms with Gasteiger partial charge in [0.15, 0.2) is 6.10 Å². The van der Waals surface area contributed by atoms with E-state index >= 15 is 0 Å². The molecule has 12 heteroatoms. The number of hydrogen-bond acceptors (Lipinski definition) is 8. The third-order valence-electron chi connectivity index (χ3n) is 6.14. The van der Waals surface area contributed by atoms with E-state index in [0.29, 0.717) is 26.2 Å². The predicted molar refractivity (Wildman–Crippen MR) is 91.3 cm³/mol. The Hall–Kier alpha value is -1.37. The number of aliphatic hydroxyl groups is 1. The molecule has 0 radical (unpaired) electrons. The molecule has 0 spiro atoms. The normalized spacial score (nSPS) is 32.7. The first-order chi connectivity index (χ1) is 13.3. The molecule has 2 N–H and O–H groups in total. The van der Waals surface area contributed by atoms with Crippen LogP contribution in [0.5, 0.6) is 0 Å². The molecule has 2 aliphatic carbocycles. The lowest BCUT2D eigenvalue weighted by molar-refractivity contribution is -0.171. The van der Waals surface area contributed by atoms with Crippen LogP contribution < -0.4 is 0 Å². The molecule has 3 aliphatic rings. The van der Waals surface area contributed by atoms with Crippen LogP contribution in [0.4, 0.5) is 8.78 Å². The van der Waals surface area contributed by atoms with Gasteiger partial charge in [-0.2, -0.15) is 17.2 Å². The quantitative estimate of drug-likeness (QED) is 0.438. The Kier molecular flexibility index (Phi) is 5.93. The van der Waals surface area contributed by atoms with Crippen molar-refractivity contribution in [1.82, 2.24) is 0 Å². The Morgan fingerprint density at radius 3 is 2.55 bits per heavy atom. The van der Waals surface area contributed by atoms with Gasteiger partial charge in [-0.3, -0.25) is 9.35 Å². The molecular weight excluding hydrogens is 418 g/mol. The lowest BCUT2D eigenvalue weighted by Gasteiger charge is -2.40. The van der Waals surface area contributed by atoms with Gasteiger partial charge in [-0.05, 0) is 26.2 Å². The molecule has 5 unspecified atom stereocenters. The monoisotopic (exact) mass is 442 g/mol. The van der Waals surface area contributed by atoms with Crippen LogP contribution in [0.25, 0.3) is 0 Å². The van der Waals surface area contributed by atoms with Crippen molar-refractivity contribution in [3.05, 3.63) is 0 Å². The number of fused-ring (bicyclic) bond motifs is 2. The maximum atomic E-state index is 13.5. The minimum Gasteiger partial charge on any atom is -0.459 e. The van der Waals surface area contributed by atoms with E-state index in [1.165, 1.54) is 0 Å². The fourth-order valence-corrected chi connectivity index (χ4v) is 5.03. The summed E-state index contributed by atoms with van der Waals surface area (Å²) in [5, 5.41) is 6.25. The lowest BCUT2D eigenvalue weighted by atomic mass is 9.69. The first-order valence-electron chi connectivity index (χ1n) is 9.44. The molecule has 3 rings (SSSR count). The largest absolute Gasteiger partial charge is 0.459 e. The highest BCUT2D eigenvalue weighted by atomic mass is 32.2. The number of carbonyl (C=O) groups excluding carboxylic acids is 2. The van der Waals surface area contributed by atoms with Crippen LogP contribution in [0.3, 0.4) is 0 Å². The first-order valence-corrected chi connectivity index (χ1v) is 10.9. The Morgan fingerprint density at radius 1 is 1.34 bits per heavy atom. The molecule has 2 saturated carbocycles. The third kappa shape index (κ3) is 4.25. The van der Waals surface area contributed by atoms with E-state index in [1.807, 2.05) is 0 Å². The van der Waals surface area contributed by atoms with Gasteiger partial charge in [-0.1, -0.05) is 12.8 Å². The maximum Gasteiger partial charge on any atom is 0.405 e. The smallest absolute Gasteiger partial charge is 0.405 e. The van der Waals surface area contributed by atoms with Crippen LogP contribution >= 0.6 is 0 Å². The predicted octanol–water partition coefficient (Wildman–Crippen LogP) is 1.04. The summed E-state index contributed by atoms with van der Waals surface area (Å²) in [7, 11) is -5.76. The van der Waals surface area contributed by atoms with Gasteiger partial charge in [0.25, 0.3) is 0 Å². The third-order valence-corrected chi connectivity index (χ3v) is 7.16. The zero-order valence-electron chi connectivity index (χ0n) is 15.8. The number of alkyl halides is 2. The van der Waals surface area contributed by atoms with Crippen LogP contribution in [0.15, 0.2) is 0 Å². The zero-order chi connectivity index (χ0) is 21.6. The zero-order valence-corrected chi connectivity index (χ0v) is 16.6. The topological polar surface area (TPSA) is 136 Å². The fraction of sp³-hybridized carbons (Fsp3) is 0.882. The van der Waals surface area contributed by atoms with Gasteiger partial charge in [0.05, 0.1) is 17.6 Å². The van der Waals surface area contributed by atoms with Gasteiger partial charge in [-0.25, -0.2) is 4.79 Å². The molecule has 1 aliphatic heterocycles. The molecule has 0 amide bonds. The maximum absolute atomic E-state index is 13.5. The van der Waals surface area contributed by atoms with Crippen LogP contribution in [-0.2, 0) is 33.9 Å². The molecule has 29 heavy (non-hydrogen) atoms. The number of halogens is 2. The Balaban J connectivity index is 1.60. The van der Waals surface area contributed by atoms with Crippen molar-refractivity contribution in [3.63, 3.8) is 0 Å². The van der Waals surface area contributed by atoms with Gasteiger partial charge in [0.2, 0.25) is 0 Å². The molecule has 2 bridgehead atoms. The molecule has 0 aromatic rings. The average molecular weight is 442 g/mol. The fourth-order valence-electron chi connectivity index (χ4n) is 4.57. The average Bonchev–Trinajstić information content (AvgIpc) is 3.18. The van der Waals surface area contributed by atoms with Crippen LogP contribution in [0.2, 0.25) is 0 Å². The van der Waals surface area contributed by atoms with E-state index in [4.69, 9.17) is 14.0 Å². The second-order valence-electron chi connectivity index (χ2n) is 7.99. The molecule has 3 fully saturated rings. The lowest BCUT2D eigenvalue weighted by Crippen LogP contribution is -2.47. The molecule has 0 aromatic heterocycles. The minimum absolute atomic E-state index is 0.265.